The molecular formula is C16H22BrN3O3. The first-order chi connectivity index (χ1) is 10.7. The number of aromatic nitrogens is 1. The number of rotatable bonds is 2. The minimum atomic E-state index is -0.517. The fraction of sp³-hybridized carbons (Fsp3) is 0.562. The zero-order chi connectivity index (χ0) is 17.0. The Kier molecular flexibility index (Phi) is 5.62. The maximum absolute atomic E-state index is 12.3. The molecule has 1 unspecified atom stereocenters. The number of nitrogens with one attached hydrogen (secondary N) is 1. The maximum atomic E-state index is 12.3. The average molecular weight is 384 g/mol. The molecule has 1 aliphatic rings. The standard InChI is InChI=1S/C16H22BrN3O3/c1-16(2,3)23-15(22)20-8-4-5-12(10-20)19-14(21)11-6-7-18-13(17)9-11/h6-7,9,12H,4-5,8,10H2,1-3H3,(H,19,21). The van der Waals surface area contributed by atoms with Gasteiger partial charge in [0.15, 0.2) is 0 Å². The van der Waals surface area contributed by atoms with Crippen LogP contribution in [0.3, 0.4) is 0 Å². The van der Waals surface area contributed by atoms with Crippen LogP contribution in [0.25, 0.3) is 0 Å². The molecule has 1 N–H and O–H groups in total. The van der Waals surface area contributed by atoms with E-state index in [1.807, 2.05) is 20.8 Å². The van der Waals surface area contributed by atoms with Crippen molar-refractivity contribution < 1.29 is 14.3 Å². The van der Waals surface area contributed by atoms with E-state index in [1.54, 1.807) is 23.2 Å². The quantitative estimate of drug-likeness (QED) is 0.796. The minimum Gasteiger partial charge on any atom is -0.444 e. The number of carbonyl (C=O) groups excluding carboxylic acids is 2. The van der Waals surface area contributed by atoms with Gasteiger partial charge in [0.1, 0.15) is 10.2 Å². The predicted octanol–water partition coefficient (Wildman–Crippen LogP) is 2.97. The monoisotopic (exact) mass is 383 g/mol. The summed E-state index contributed by atoms with van der Waals surface area (Å²) in [6, 6.07) is 3.26. The molecule has 2 heterocycles. The Balaban J connectivity index is 1.93. The molecule has 1 saturated heterocycles. The summed E-state index contributed by atoms with van der Waals surface area (Å²) in [4.78, 5) is 30.1. The Morgan fingerprint density at radius 1 is 1.43 bits per heavy atom. The molecule has 1 fully saturated rings. The number of hydrogen-bond acceptors (Lipinski definition) is 4. The molecule has 7 heteroatoms. The molecule has 2 rings (SSSR count). The Labute approximate surface area is 144 Å². The molecule has 1 atom stereocenters. The first-order valence-corrected chi connectivity index (χ1v) is 8.44. The number of halogens is 1. The molecule has 6 nitrogen and oxygen atoms in total. The minimum absolute atomic E-state index is 0.0734. The van der Waals surface area contributed by atoms with Gasteiger partial charge in [0.25, 0.3) is 5.91 Å². The van der Waals surface area contributed by atoms with Crippen LogP contribution >= 0.6 is 15.9 Å². The third kappa shape index (κ3) is 5.49. The van der Waals surface area contributed by atoms with Crippen LogP contribution in [0, 0.1) is 0 Å². The normalized spacial score (nSPS) is 18.4. The number of hydrogen-bond donors (Lipinski definition) is 1. The van der Waals surface area contributed by atoms with Gasteiger partial charge in [-0.2, -0.15) is 0 Å². The molecule has 0 aliphatic carbocycles. The van der Waals surface area contributed by atoms with E-state index in [1.165, 1.54) is 0 Å². The number of likely N-dealkylation sites (tertiary alicyclic amines) is 1. The van der Waals surface area contributed by atoms with Crippen molar-refractivity contribution >= 4 is 27.9 Å². The van der Waals surface area contributed by atoms with Crippen LogP contribution in [0.2, 0.25) is 0 Å². The number of ether oxygens (including phenoxy) is 1. The van der Waals surface area contributed by atoms with Crippen LogP contribution in [0.1, 0.15) is 44.0 Å². The van der Waals surface area contributed by atoms with Crippen molar-refractivity contribution in [1.82, 2.24) is 15.2 Å². The largest absolute Gasteiger partial charge is 0.444 e. The SMILES string of the molecule is CC(C)(C)OC(=O)N1CCCC(NC(=O)c2ccnc(Br)c2)C1. The molecule has 1 aromatic rings. The van der Waals surface area contributed by atoms with Crippen molar-refractivity contribution in [2.75, 3.05) is 13.1 Å². The molecule has 0 bridgehead atoms. The van der Waals surface area contributed by atoms with Gasteiger partial charge in [-0.3, -0.25) is 4.79 Å². The molecule has 0 saturated carbocycles. The lowest BCUT2D eigenvalue weighted by molar-refractivity contribution is 0.0185. The van der Waals surface area contributed by atoms with E-state index in [-0.39, 0.29) is 18.0 Å². The summed E-state index contributed by atoms with van der Waals surface area (Å²) < 4.78 is 6.01. The van der Waals surface area contributed by atoms with Crippen molar-refractivity contribution in [3.05, 3.63) is 28.5 Å². The number of piperidine rings is 1. The van der Waals surface area contributed by atoms with E-state index in [0.717, 1.165) is 12.8 Å². The summed E-state index contributed by atoms with van der Waals surface area (Å²) in [6.45, 7) is 6.65. The Bertz CT molecular complexity index is 586. The first-order valence-electron chi connectivity index (χ1n) is 7.65. The van der Waals surface area contributed by atoms with Crippen molar-refractivity contribution in [1.29, 1.82) is 0 Å². The number of pyridine rings is 1. The van der Waals surface area contributed by atoms with Gasteiger partial charge in [-0.05, 0) is 61.7 Å². The summed E-state index contributed by atoms with van der Waals surface area (Å²) in [5.41, 5.74) is 0.0256. The third-order valence-corrected chi connectivity index (χ3v) is 3.83. The van der Waals surface area contributed by atoms with Crippen LogP contribution in [-0.4, -0.2) is 46.6 Å². The highest BCUT2D eigenvalue weighted by Crippen LogP contribution is 2.16. The zero-order valence-electron chi connectivity index (χ0n) is 13.6. The topological polar surface area (TPSA) is 71.5 Å². The van der Waals surface area contributed by atoms with Gasteiger partial charge in [0.2, 0.25) is 0 Å². The molecular weight excluding hydrogens is 362 g/mol. The molecule has 0 radical (unpaired) electrons. The van der Waals surface area contributed by atoms with Crippen LogP contribution in [-0.2, 0) is 4.74 Å². The van der Waals surface area contributed by atoms with Gasteiger partial charge < -0.3 is 15.0 Å². The van der Waals surface area contributed by atoms with Gasteiger partial charge in [-0.15, -0.1) is 0 Å². The lowest BCUT2D eigenvalue weighted by Gasteiger charge is -2.34. The lowest BCUT2D eigenvalue weighted by Crippen LogP contribution is -2.50. The van der Waals surface area contributed by atoms with E-state index >= 15 is 0 Å². The van der Waals surface area contributed by atoms with E-state index < -0.39 is 5.60 Å². The van der Waals surface area contributed by atoms with Crippen molar-refractivity contribution in [3.63, 3.8) is 0 Å². The third-order valence-electron chi connectivity index (χ3n) is 3.40. The number of amides is 2. The lowest BCUT2D eigenvalue weighted by atomic mass is 10.1. The molecule has 1 aromatic heterocycles. The van der Waals surface area contributed by atoms with E-state index in [2.05, 4.69) is 26.2 Å². The highest BCUT2D eigenvalue weighted by atomic mass is 79.9. The highest BCUT2D eigenvalue weighted by molar-refractivity contribution is 9.10. The Hall–Kier alpha value is -1.63. The maximum Gasteiger partial charge on any atom is 0.410 e. The zero-order valence-corrected chi connectivity index (χ0v) is 15.2. The number of carbonyl (C=O) groups is 2. The van der Waals surface area contributed by atoms with Crippen molar-refractivity contribution in [2.24, 2.45) is 0 Å². The van der Waals surface area contributed by atoms with Gasteiger partial charge in [0.05, 0.1) is 0 Å². The smallest absolute Gasteiger partial charge is 0.410 e. The van der Waals surface area contributed by atoms with Crippen molar-refractivity contribution in [3.8, 4) is 0 Å². The highest BCUT2D eigenvalue weighted by Gasteiger charge is 2.28. The first kappa shape index (κ1) is 17.7. The van der Waals surface area contributed by atoms with Crippen LogP contribution < -0.4 is 5.32 Å². The van der Waals surface area contributed by atoms with Crippen molar-refractivity contribution in [2.45, 2.75) is 45.3 Å². The Morgan fingerprint density at radius 3 is 2.83 bits per heavy atom. The van der Waals surface area contributed by atoms with E-state index in [9.17, 15) is 9.59 Å². The summed E-state index contributed by atoms with van der Waals surface area (Å²) in [6.07, 6.45) is 2.93. The Morgan fingerprint density at radius 2 is 2.17 bits per heavy atom. The molecule has 0 aromatic carbocycles. The summed E-state index contributed by atoms with van der Waals surface area (Å²) in [7, 11) is 0. The summed E-state index contributed by atoms with van der Waals surface area (Å²) in [5, 5.41) is 2.97. The van der Waals surface area contributed by atoms with Gasteiger partial charge in [-0.25, -0.2) is 9.78 Å². The second kappa shape index (κ2) is 7.29. The van der Waals surface area contributed by atoms with Gasteiger partial charge in [-0.1, -0.05) is 0 Å². The van der Waals surface area contributed by atoms with Crippen LogP contribution in [0.5, 0.6) is 0 Å². The average Bonchev–Trinajstić information content (AvgIpc) is 2.45. The molecule has 126 valence electrons. The number of nitrogens with zero attached hydrogens (tertiary/aromatic N) is 2. The molecule has 2 amide bonds. The van der Waals surface area contributed by atoms with Gasteiger partial charge >= 0.3 is 6.09 Å². The van der Waals surface area contributed by atoms with E-state index in [0.29, 0.717) is 23.3 Å². The van der Waals surface area contributed by atoms with Crippen LogP contribution in [0.4, 0.5) is 4.79 Å². The predicted molar refractivity (Wildman–Crippen MR) is 90.2 cm³/mol. The van der Waals surface area contributed by atoms with Crippen LogP contribution in [0.15, 0.2) is 22.9 Å². The molecule has 1 aliphatic heterocycles. The summed E-state index contributed by atoms with van der Waals surface area (Å²) in [5.74, 6) is -0.163. The fourth-order valence-electron chi connectivity index (χ4n) is 2.40. The molecule has 23 heavy (non-hydrogen) atoms. The molecule has 0 spiro atoms. The van der Waals surface area contributed by atoms with E-state index in [4.69, 9.17) is 4.74 Å². The second-order valence-corrected chi connectivity index (χ2v) is 7.42. The second-order valence-electron chi connectivity index (χ2n) is 6.61. The fourth-order valence-corrected chi connectivity index (χ4v) is 2.76. The van der Waals surface area contributed by atoms with Gasteiger partial charge in [0, 0.05) is 30.9 Å². The summed E-state index contributed by atoms with van der Waals surface area (Å²) >= 11 is 3.25.